The van der Waals surface area contributed by atoms with Crippen LogP contribution in [0.15, 0.2) is 83.9 Å². The van der Waals surface area contributed by atoms with Crippen molar-refractivity contribution < 1.29 is 9.84 Å². The number of likely N-dealkylation sites (N-methyl/N-ethyl adjacent to an activating group) is 2. The number of ether oxygens (including phenoxy) is 1. The fourth-order valence-corrected chi connectivity index (χ4v) is 6.09. The SMILES string of the molecule is CCN(CCO)c1ccc(-c2cc3c(c4ccccc24)OC2(C=N3)N(C)c3ccccc3C2(C)C)cc1. The molecule has 5 heteroatoms. The topological polar surface area (TPSA) is 48.3 Å². The van der Waals surface area contributed by atoms with Gasteiger partial charge in [-0.1, -0.05) is 54.6 Å². The van der Waals surface area contributed by atoms with Gasteiger partial charge in [0, 0.05) is 36.9 Å². The van der Waals surface area contributed by atoms with Gasteiger partial charge in [0.05, 0.1) is 18.2 Å². The Bertz CT molecular complexity index is 1510. The van der Waals surface area contributed by atoms with Gasteiger partial charge in [-0.25, -0.2) is 0 Å². The number of benzene rings is 4. The Morgan fingerprint density at radius 2 is 1.65 bits per heavy atom. The maximum absolute atomic E-state index is 9.40. The Morgan fingerprint density at radius 1 is 0.946 bits per heavy atom. The molecule has 0 fully saturated rings. The van der Waals surface area contributed by atoms with Crippen molar-refractivity contribution in [2.45, 2.75) is 31.9 Å². The number of aliphatic hydroxyl groups excluding tert-OH is 1. The molecule has 2 aliphatic rings. The summed E-state index contributed by atoms with van der Waals surface area (Å²) < 4.78 is 7.03. The van der Waals surface area contributed by atoms with E-state index in [1.165, 1.54) is 11.3 Å². The zero-order valence-corrected chi connectivity index (χ0v) is 21.9. The van der Waals surface area contributed by atoms with Gasteiger partial charge in [0.15, 0.2) is 5.75 Å². The first-order chi connectivity index (χ1) is 17.9. The molecule has 0 saturated carbocycles. The predicted molar refractivity (Wildman–Crippen MR) is 154 cm³/mol. The maximum atomic E-state index is 9.40. The molecule has 2 aliphatic heterocycles. The zero-order chi connectivity index (χ0) is 25.8. The lowest BCUT2D eigenvalue weighted by Crippen LogP contribution is -2.61. The van der Waals surface area contributed by atoms with Crippen LogP contribution in [0.5, 0.6) is 5.75 Å². The zero-order valence-electron chi connectivity index (χ0n) is 21.9. The van der Waals surface area contributed by atoms with Gasteiger partial charge >= 0.3 is 0 Å². The number of fused-ring (bicyclic) bond motifs is 4. The number of hydrogen-bond donors (Lipinski definition) is 1. The second-order valence-electron chi connectivity index (χ2n) is 10.4. The second kappa shape index (κ2) is 8.63. The summed E-state index contributed by atoms with van der Waals surface area (Å²) in [7, 11) is 2.10. The van der Waals surface area contributed by atoms with E-state index in [1.807, 2.05) is 6.21 Å². The van der Waals surface area contributed by atoms with Crippen molar-refractivity contribution in [3.05, 3.63) is 84.4 Å². The average molecular weight is 492 g/mol. The Labute approximate surface area is 218 Å². The molecule has 2 heterocycles. The van der Waals surface area contributed by atoms with E-state index in [1.54, 1.807) is 0 Å². The van der Waals surface area contributed by atoms with E-state index in [9.17, 15) is 5.11 Å². The minimum absolute atomic E-state index is 0.140. The summed E-state index contributed by atoms with van der Waals surface area (Å²) in [6, 6.07) is 27.7. The Morgan fingerprint density at radius 3 is 2.35 bits per heavy atom. The highest BCUT2D eigenvalue weighted by molar-refractivity contribution is 6.05. The number of aliphatic hydroxyl groups is 1. The number of anilines is 2. The normalized spacial score (nSPS) is 19.1. The highest BCUT2D eigenvalue weighted by atomic mass is 16.5. The minimum Gasteiger partial charge on any atom is -0.459 e. The smallest absolute Gasteiger partial charge is 0.228 e. The van der Waals surface area contributed by atoms with Gasteiger partial charge in [-0.3, -0.25) is 4.99 Å². The molecule has 188 valence electrons. The first-order valence-corrected chi connectivity index (χ1v) is 13.0. The van der Waals surface area contributed by atoms with E-state index in [-0.39, 0.29) is 12.0 Å². The van der Waals surface area contributed by atoms with E-state index in [0.717, 1.165) is 45.6 Å². The van der Waals surface area contributed by atoms with Crippen LogP contribution in [-0.2, 0) is 5.41 Å². The van der Waals surface area contributed by atoms with E-state index in [2.05, 4.69) is 116 Å². The van der Waals surface area contributed by atoms with Gasteiger partial charge in [0.25, 0.3) is 0 Å². The van der Waals surface area contributed by atoms with Gasteiger partial charge in [-0.15, -0.1) is 0 Å². The van der Waals surface area contributed by atoms with Crippen LogP contribution in [-0.4, -0.2) is 43.8 Å². The summed E-state index contributed by atoms with van der Waals surface area (Å²) >= 11 is 0. The molecule has 0 radical (unpaired) electrons. The van der Waals surface area contributed by atoms with Crippen LogP contribution in [0.3, 0.4) is 0 Å². The summed E-state index contributed by atoms with van der Waals surface area (Å²) in [6.07, 6.45) is 1.99. The molecule has 5 nitrogen and oxygen atoms in total. The average Bonchev–Trinajstić information content (AvgIpc) is 3.09. The molecule has 1 atom stereocenters. The van der Waals surface area contributed by atoms with Crippen LogP contribution in [0.2, 0.25) is 0 Å². The third kappa shape index (κ3) is 3.37. The van der Waals surface area contributed by atoms with Gasteiger partial charge in [-0.2, -0.15) is 0 Å². The van der Waals surface area contributed by atoms with Crippen molar-refractivity contribution in [3.63, 3.8) is 0 Å². The molecule has 1 unspecified atom stereocenters. The molecule has 4 aromatic rings. The molecule has 1 spiro atoms. The summed E-state index contributed by atoms with van der Waals surface area (Å²) in [6.45, 7) is 8.19. The molecule has 4 aromatic carbocycles. The van der Waals surface area contributed by atoms with Crippen LogP contribution in [0.25, 0.3) is 21.9 Å². The fourth-order valence-electron chi connectivity index (χ4n) is 6.09. The Balaban J connectivity index is 1.46. The lowest BCUT2D eigenvalue weighted by atomic mass is 9.77. The molecule has 0 aromatic heterocycles. The minimum atomic E-state index is -0.716. The van der Waals surface area contributed by atoms with Crippen molar-refractivity contribution in [1.82, 2.24) is 0 Å². The monoisotopic (exact) mass is 491 g/mol. The van der Waals surface area contributed by atoms with Crippen molar-refractivity contribution in [1.29, 1.82) is 0 Å². The van der Waals surface area contributed by atoms with E-state index in [0.29, 0.717) is 6.54 Å². The molecule has 37 heavy (non-hydrogen) atoms. The first-order valence-electron chi connectivity index (χ1n) is 13.0. The molecule has 6 rings (SSSR count). The highest BCUT2D eigenvalue weighted by Gasteiger charge is 2.58. The lowest BCUT2D eigenvalue weighted by molar-refractivity contribution is 0.0842. The summed E-state index contributed by atoms with van der Waals surface area (Å²) in [5.74, 6) is 0.825. The molecule has 0 bridgehead atoms. The molecule has 0 amide bonds. The van der Waals surface area contributed by atoms with E-state index < -0.39 is 5.72 Å². The Hall–Kier alpha value is -3.83. The summed E-state index contributed by atoms with van der Waals surface area (Å²) in [4.78, 5) is 9.44. The molecular formula is C32H33N3O2. The van der Waals surface area contributed by atoms with Crippen LogP contribution in [0.1, 0.15) is 26.3 Å². The largest absolute Gasteiger partial charge is 0.459 e. The lowest BCUT2D eigenvalue weighted by Gasteiger charge is -2.45. The summed E-state index contributed by atoms with van der Waals surface area (Å²) in [5.41, 5.74) is 5.63. The standard InChI is InChI=1S/C32H33N3O2/c1-5-35(18-19-36)23-16-14-22(15-17-23)26-20-28-30(25-11-7-6-10-24(25)26)37-32(21-33-28)31(2,3)27-12-8-9-13-29(27)34(32)4/h6-17,20-21,36H,5,18-19H2,1-4H3. The van der Waals surface area contributed by atoms with Gasteiger partial charge in [0.1, 0.15) is 5.69 Å². The first kappa shape index (κ1) is 23.6. The van der Waals surface area contributed by atoms with Gasteiger partial charge < -0.3 is 19.6 Å². The third-order valence-electron chi connectivity index (χ3n) is 8.24. The van der Waals surface area contributed by atoms with Crippen LogP contribution in [0.4, 0.5) is 17.1 Å². The van der Waals surface area contributed by atoms with E-state index in [4.69, 9.17) is 9.73 Å². The van der Waals surface area contributed by atoms with Crippen LogP contribution >= 0.6 is 0 Å². The molecule has 0 saturated heterocycles. The molecule has 0 aliphatic carbocycles. The number of rotatable bonds is 5. The third-order valence-corrected chi connectivity index (χ3v) is 8.24. The second-order valence-corrected chi connectivity index (χ2v) is 10.4. The van der Waals surface area contributed by atoms with Crippen molar-refractivity contribution >= 4 is 34.0 Å². The Kier molecular flexibility index (Phi) is 5.50. The number of para-hydroxylation sites is 1. The molecule has 1 N–H and O–H groups in total. The summed E-state index contributed by atoms with van der Waals surface area (Å²) in [5, 5.41) is 11.6. The van der Waals surface area contributed by atoms with E-state index >= 15 is 0 Å². The fraction of sp³-hybridized carbons (Fsp3) is 0.281. The van der Waals surface area contributed by atoms with Crippen LogP contribution < -0.4 is 14.5 Å². The van der Waals surface area contributed by atoms with Gasteiger partial charge in [-0.05, 0) is 67.1 Å². The highest BCUT2D eigenvalue weighted by Crippen LogP contribution is 2.55. The quantitative estimate of drug-likeness (QED) is 0.344. The van der Waals surface area contributed by atoms with Crippen molar-refractivity contribution in [2.24, 2.45) is 4.99 Å². The van der Waals surface area contributed by atoms with Gasteiger partial charge in [0.2, 0.25) is 5.72 Å². The molecular weight excluding hydrogens is 458 g/mol. The van der Waals surface area contributed by atoms with Crippen molar-refractivity contribution in [2.75, 3.05) is 36.5 Å². The van der Waals surface area contributed by atoms with Crippen molar-refractivity contribution in [3.8, 4) is 16.9 Å². The maximum Gasteiger partial charge on any atom is 0.228 e. The number of nitrogens with zero attached hydrogens (tertiary/aromatic N) is 3. The number of aliphatic imine (C=N–C) groups is 1. The predicted octanol–water partition coefficient (Wildman–Crippen LogP) is 6.54. The number of hydrogen-bond acceptors (Lipinski definition) is 5. The van der Waals surface area contributed by atoms with Crippen LogP contribution in [0, 0.1) is 0 Å².